The van der Waals surface area contributed by atoms with Gasteiger partial charge in [0, 0.05) is 17.6 Å². The SMILES string of the molecule is CCC(C)N(C(=O)Cn1c(C(C)NC(=O)c2cccc(OC)c2)nc2ccccc21)C(C)CC. The molecule has 2 aromatic carbocycles. The highest BCUT2D eigenvalue weighted by atomic mass is 16.5. The number of imidazole rings is 1. The van der Waals surface area contributed by atoms with Gasteiger partial charge in [-0.2, -0.15) is 0 Å². The second kappa shape index (κ2) is 11.2. The fraction of sp³-hybridized carbons (Fsp3) is 0.444. The largest absolute Gasteiger partial charge is 0.497 e. The molecule has 3 unspecified atom stereocenters. The van der Waals surface area contributed by atoms with Crippen LogP contribution in [-0.2, 0) is 11.3 Å². The number of methoxy groups -OCH3 is 1. The summed E-state index contributed by atoms with van der Waals surface area (Å²) in [5, 5.41) is 3.03. The fourth-order valence-corrected chi connectivity index (χ4v) is 4.24. The van der Waals surface area contributed by atoms with E-state index >= 15 is 0 Å². The van der Waals surface area contributed by atoms with E-state index in [0.717, 1.165) is 23.9 Å². The normalized spacial score (nSPS) is 13.8. The van der Waals surface area contributed by atoms with Crippen LogP contribution in [0.1, 0.15) is 69.7 Å². The molecule has 0 bridgehead atoms. The minimum atomic E-state index is -0.403. The van der Waals surface area contributed by atoms with Crippen molar-refractivity contribution in [3.63, 3.8) is 0 Å². The number of hydrogen-bond acceptors (Lipinski definition) is 4. The number of carbonyl (C=O) groups excluding carboxylic acids is 2. The van der Waals surface area contributed by atoms with Crippen LogP contribution in [0.2, 0.25) is 0 Å². The minimum Gasteiger partial charge on any atom is -0.497 e. The first-order valence-electron chi connectivity index (χ1n) is 12.0. The lowest BCUT2D eigenvalue weighted by Crippen LogP contribution is -2.46. The highest BCUT2D eigenvalue weighted by Gasteiger charge is 2.26. The van der Waals surface area contributed by atoms with Crippen molar-refractivity contribution in [1.29, 1.82) is 0 Å². The Kier molecular flexibility index (Phi) is 8.31. The maximum atomic E-state index is 13.5. The van der Waals surface area contributed by atoms with E-state index in [0.29, 0.717) is 17.1 Å². The highest BCUT2D eigenvalue weighted by Crippen LogP contribution is 2.23. The van der Waals surface area contributed by atoms with Gasteiger partial charge in [0.15, 0.2) is 0 Å². The summed E-state index contributed by atoms with van der Waals surface area (Å²) in [5.74, 6) is 1.10. The minimum absolute atomic E-state index is 0.0550. The lowest BCUT2D eigenvalue weighted by atomic mass is 10.1. The number of aromatic nitrogens is 2. The average Bonchev–Trinajstić information content (AvgIpc) is 3.22. The van der Waals surface area contributed by atoms with E-state index in [9.17, 15) is 9.59 Å². The lowest BCUT2D eigenvalue weighted by Gasteiger charge is -2.34. The third kappa shape index (κ3) is 5.41. The summed E-state index contributed by atoms with van der Waals surface area (Å²) in [6.45, 7) is 10.4. The van der Waals surface area contributed by atoms with Crippen LogP contribution in [0, 0.1) is 0 Å². The molecule has 182 valence electrons. The second-order valence-electron chi connectivity index (χ2n) is 8.79. The van der Waals surface area contributed by atoms with Gasteiger partial charge in [-0.25, -0.2) is 4.98 Å². The predicted molar refractivity (Wildman–Crippen MR) is 135 cm³/mol. The van der Waals surface area contributed by atoms with Crippen LogP contribution in [0.3, 0.4) is 0 Å². The van der Waals surface area contributed by atoms with Gasteiger partial charge in [-0.1, -0.05) is 32.0 Å². The Morgan fingerprint density at radius 2 is 1.71 bits per heavy atom. The Morgan fingerprint density at radius 3 is 2.35 bits per heavy atom. The number of carbonyl (C=O) groups is 2. The summed E-state index contributed by atoms with van der Waals surface area (Å²) in [4.78, 5) is 33.2. The zero-order valence-corrected chi connectivity index (χ0v) is 21.0. The maximum Gasteiger partial charge on any atom is 0.251 e. The van der Waals surface area contributed by atoms with Gasteiger partial charge in [-0.05, 0) is 63.9 Å². The second-order valence-corrected chi connectivity index (χ2v) is 8.79. The molecule has 3 atom stereocenters. The van der Waals surface area contributed by atoms with Crippen molar-refractivity contribution < 1.29 is 14.3 Å². The van der Waals surface area contributed by atoms with Gasteiger partial charge in [0.25, 0.3) is 5.91 Å². The van der Waals surface area contributed by atoms with Crippen molar-refractivity contribution in [3.05, 3.63) is 59.9 Å². The summed E-state index contributed by atoms with van der Waals surface area (Å²) in [5.41, 5.74) is 2.18. The van der Waals surface area contributed by atoms with E-state index in [4.69, 9.17) is 9.72 Å². The van der Waals surface area contributed by atoms with Crippen molar-refractivity contribution in [2.45, 2.75) is 72.1 Å². The molecule has 0 radical (unpaired) electrons. The molecular weight excluding hydrogens is 428 g/mol. The molecule has 34 heavy (non-hydrogen) atoms. The van der Waals surface area contributed by atoms with Crippen LogP contribution in [-0.4, -0.2) is 45.5 Å². The summed E-state index contributed by atoms with van der Waals surface area (Å²) in [7, 11) is 1.57. The molecule has 3 aromatic rings. The molecule has 0 aliphatic carbocycles. The summed E-state index contributed by atoms with van der Waals surface area (Å²) in [6.07, 6.45) is 1.78. The first-order chi connectivity index (χ1) is 16.3. The number of rotatable bonds is 10. The molecule has 0 aliphatic rings. The maximum absolute atomic E-state index is 13.5. The average molecular weight is 465 g/mol. The molecule has 3 rings (SSSR count). The van der Waals surface area contributed by atoms with Gasteiger partial charge in [0.2, 0.25) is 5.91 Å². The van der Waals surface area contributed by atoms with Crippen LogP contribution in [0.4, 0.5) is 0 Å². The van der Waals surface area contributed by atoms with Gasteiger partial charge >= 0.3 is 0 Å². The molecule has 0 saturated heterocycles. The highest BCUT2D eigenvalue weighted by molar-refractivity contribution is 5.94. The molecule has 0 spiro atoms. The van der Waals surface area contributed by atoms with E-state index in [2.05, 4.69) is 33.0 Å². The molecule has 1 aromatic heterocycles. The van der Waals surface area contributed by atoms with E-state index < -0.39 is 6.04 Å². The zero-order chi connectivity index (χ0) is 24.8. The Balaban J connectivity index is 1.92. The van der Waals surface area contributed by atoms with Crippen molar-refractivity contribution in [2.24, 2.45) is 0 Å². The Hall–Kier alpha value is -3.35. The fourth-order valence-electron chi connectivity index (χ4n) is 4.24. The first kappa shape index (κ1) is 25.3. The molecule has 7 nitrogen and oxygen atoms in total. The van der Waals surface area contributed by atoms with Gasteiger partial charge < -0.3 is 19.5 Å². The number of para-hydroxylation sites is 2. The van der Waals surface area contributed by atoms with Gasteiger partial charge in [-0.15, -0.1) is 0 Å². The molecule has 0 saturated carbocycles. The molecule has 0 aliphatic heterocycles. The van der Waals surface area contributed by atoms with Crippen molar-refractivity contribution in [2.75, 3.05) is 7.11 Å². The molecular formula is C27H36N4O3. The summed E-state index contributed by atoms with van der Waals surface area (Å²) < 4.78 is 7.17. The number of nitrogens with zero attached hydrogens (tertiary/aromatic N) is 3. The third-order valence-corrected chi connectivity index (χ3v) is 6.46. The van der Waals surface area contributed by atoms with Crippen molar-refractivity contribution in [1.82, 2.24) is 19.8 Å². The van der Waals surface area contributed by atoms with E-state index in [1.807, 2.05) is 40.7 Å². The van der Waals surface area contributed by atoms with E-state index in [1.54, 1.807) is 31.4 Å². The van der Waals surface area contributed by atoms with Crippen LogP contribution >= 0.6 is 0 Å². The number of fused-ring (bicyclic) bond motifs is 1. The molecule has 1 heterocycles. The quantitative estimate of drug-likeness (QED) is 0.460. The molecule has 2 amide bonds. The Bertz CT molecular complexity index is 1130. The van der Waals surface area contributed by atoms with E-state index in [1.165, 1.54) is 0 Å². The number of hydrogen-bond donors (Lipinski definition) is 1. The van der Waals surface area contributed by atoms with Crippen molar-refractivity contribution >= 4 is 22.8 Å². The van der Waals surface area contributed by atoms with E-state index in [-0.39, 0.29) is 30.4 Å². The predicted octanol–water partition coefficient (Wildman–Crippen LogP) is 4.96. The smallest absolute Gasteiger partial charge is 0.251 e. The Labute approximate surface area is 202 Å². The number of ether oxygens (including phenoxy) is 1. The van der Waals surface area contributed by atoms with Gasteiger partial charge in [-0.3, -0.25) is 9.59 Å². The molecule has 7 heteroatoms. The topological polar surface area (TPSA) is 76.5 Å². The number of amides is 2. The number of benzene rings is 2. The zero-order valence-electron chi connectivity index (χ0n) is 21.0. The van der Waals surface area contributed by atoms with Crippen LogP contribution < -0.4 is 10.1 Å². The van der Waals surface area contributed by atoms with Crippen LogP contribution in [0.5, 0.6) is 5.75 Å². The molecule has 1 N–H and O–H groups in total. The van der Waals surface area contributed by atoms with Crippen LogP contribution in [0.15, 0.2) is 48.5 Å². The van der Waals surface area contributed by atoms with Crippen molar-refractivity contribution in [3.8, 4) is 5.75 Å². The monoisotopic (exact) mass is 464 g/mol. The Morgan fingerprint density at radius 1 is 1.03 bits per heavy atom. The lowest BCUT2D eigenvalue weighted by molar-refractivity contribution is -0.136. The van der Waals surface area contributed by atoms with Gasteiger partial charge in [0.05, 0.1) is 24.2 Å². The number of nitrogens with one attached hydrogen (secondary N) is 1. The summed E-state index contributed by atoms with van der Waals surface area (Å²) in [6, 6.07) is 14.7. The molecule has 0 fully saturated rings. The standard InChI is InChI=1S/C27H36N4O3/c1-7-18(3)31(19(4)8-2)25(32)17-30-24-15-10-9-14-23(24)29-26(30)20(5)28-27(33)21-12-11-13-22(16-21)34-6/h9-16,18-20H,7-8,17H2,1-6H3,(H,28,33). The first-order valence-corrected chi connectivity index (χ1v) is 12.0. The summed E-state index contributed by atoms with van der Waals surface area (Å²) >= 11 is 0. The third-order valence-electron chi connectivity index (χ3n) is 6.46. The van der Waals surface area contributed by atoms with Gasteiger partial charge in [0.1, 0.15) is 18.1 Å². The van der Waals surface area contributed by atoms with Crippen LogP contribution in [0.25, 0.3) is 11.0 Å².